The van der Waals surface area contributed by atoms with Crippen LogP contribution in [0.15, 0.2) is 60.9 Å². The Morgan fingerprint density at radius 3 is 2.38 bits per heavy atom. The van der Waals surface area contributed by atoms with E-state index in [0.717, 1.165) is 0 Å². The number of carbonyl (C=O) groups is 1. The van der Waals surface area contributed by atoms with Gasteiger partial charge in [0, 0.05) is 25.0 Å². The SMILES string of the molecule is Cn1ccnc1C(NC(=O)c1ccccc1F)c1ccccc1F. The Kier molecular flexibility index (Phi) is 4.37. The van der Waals surface area contributed by atoms with Crippen molar-refractivity contribution in [1.82, 2.24) is 14.9 Å². The van der Waals surface area contributed by atoms with E-state index >= 15 is 0 Å². The van der Waals surface area contributed by atoms with Gasteiger partial charge >= 0.3 is 0 Å². The maximum Gasteiger partial charge on any atom is 0.255 e. The maximum absolute atomic E-state index is 14.2. The molecule has 0 spiro atoms. The Labute approximate surface area is 137 Å². The summed E-state index contributed by atoms with van der Waals surface area (Å²) in [5.74, 6) is -1.30. The van der Waals surface area contributed by atoms with E-state index in [1.165, 1.54) is 24.3 Å². The molecule has 0 bridgehead atoms. The molecule has 0 aliphatic rings. The predicted molar refractivity (Wildman–Crippen MR) is 85.3 cm³/mol. The molecule has 1 atom stereocenters. The molecule has 1 heterocycles. The van der Waals surface area contributed by atoms with Crippen molar-refractivity contribution in [1.29, 1.82) is 0 Å². The van der Waals surface area contributed by atoms with Gasteiger partial charge in [-0.3, -0.25) is 4.79 Å². The number of nitrogens with one attached hydrogen (secondary N) is 1. The molecule has 0 fully saturated rings. The monoisotopic (exact) mass is 327 g/mol. The lowest BCUT2D eigenvalue weighted by atomic mass is 10.0. The molecule has 4 nitrogen and oxygen atoms in total. The molecular formula is C18H15F2N3O. The van der Waals surface area contributed by atoms with Crippen LogP contribution in [-0.2, 0) is 7.05 Å². The number of imidazole rings is 1. The Morgan fingerprint density at radius 1 is 1.08 bits per heavy atom. The zero-order valence-corrected chi connectivity index (χ0v) is 12.9. The van der Waals surface area contributed by atoms with Crippen molar-refractivity contribution in [2.45, 2.75) is 6.04 Å². The fourth-order valence-electron chi connectivity index (χ4n) is 2.50. The number of hydrogen-bond acceptors (Lipinski definition) is 2. The quantitative estimate of drug-likeness (QED) is 0.800. The van der Waals surface area contributed by atoms with Gasteiger partial charge in [-0.15, -0.1) is 0 Å². The van der Waals surface area contributed by atoms with Gasteiger partial charge in [-0.25, -0.2) is 13.8 Å². The molecule has 1 N–H and O–H groups in total. The molecule has 24 heavy (non-hydrogen) atoms. The smallest absolute Gasteiger partial charge is 0.255 e. The number of nitrogens with zero attached hydrogens (tertiary/aromatic N) is 2. The van der Waals surface area contributed by atoms with E-state index < -0.39 is 23.6 Å². The van der Waals surface area contributed by atoms with Crippen LogP contribution < -0.4 is 5.32 Å². The summed E-state index contributed by atoms with van der Waals surface area (Å²) in [6, 6.07) is 10.9. The molecule has 6 heteroatoms. The van der Waals surface area contributed by atoms with Gasteiger partial charge in [-0.1, -0.05) is 30.3 Å². The van der Waals surface area contributed by atoms with Crippen LogP contribution >= 0.6 is 0 Å². The Balaban J connectivity index is 2.00. The summed E-state index contributed by atoms with van der Waals surface area (Å²) in [5.41, 5.74) is 0.157. The standard InChI is InChI=1S/C18H15F2N3O/c1-23-11-10-21-17(23)16(12-6-2-4-8-14(12)19)22-18(24)13-7-3-5-9-15(13)20/h2-11,16H,1H3,(H,22,24). The van der Waals surface area contributed by atoms with Crippen LogP contribution in [0.25, 0.3) is 0 Å². The van der Waals surface area contributed by atoms with E-state index in [9.17, 15) is 13.6 Å². The van der Waals surface area contributed by atoms with Crippen LogP contribution in [-0.4, -0.2) is 15.5 Å². The molecule has 3 aromatic rings. The zero-order valence-electron chi connectivity index (χ0n) is 12.9. The van der Waals surface area contributed by atoms with Crippen molar-refractivity contribution >= 4 is 5.91 Å². The van der Waals surface area contributed by atoms with Crippen LogP contribution in [0, 0.1) is 11.6 Å². The lowest BCUT2D eigenvalue weighted by Gasteiger charge is -2.20. The number of benzene rings is 2. The molecule has 1 aromatic heterocycles. The van der Waals surface area contributed by atoms with Crippen LogP contribution in [0.1, 0.15) is 27.8 Å². The van der Waals surface area contributed by atoms with Gasteiger partial charge in [0.1, 0.15) is 23.5 Å². The van der Waals surface area contributed by atoms with Crippen LogP contribution in [0.3, 0.4) is 0 Å². The predicted octanol–water partition coefficient (Wildman–Crippen LogP) is 3.22. The van der Waals surface area contributed by atoms with Gasteiger partial charge in [-0.05, 0) is 18.2 Å². The normalized spacial score (nSPS) is 12.0. The summed E-state index contributed by atoms with van der Waals surface area (Å²) in [5, 5.41) is 2.67. The number of carbonyl (C=O) groups excluding carboxylic acids is 1. The molecule has 122 valence electrons. The zero-order chi connectivity index (χ0) is 17.1. The number of amides is 1. The lowest BCUT2D eigenvalue weighted by Crippen LogP contribution is -2.32. The average Bonchev–Trinajstić information content (AvgIpc) is 2.99. The minimum Gasteiger partial charge on any atom is -0.338 e. The molecule has 0 saturated carbocycles. The van der Waals surface area contributed by atoms with Crippen molar-refractivity contribution in [3.8, 4) is 0 Å². The summed E-state index contributed by atoms with van der Waals surface area (Å²) < 4.78 is 29.8. The Bertz CT molecular complexity index is 876. The highest BCUT2D eigenvalue weighted by Gasteiger charge is 2.24. The van der Waals surface area contributed by atoms with Crippen molar-refractivity contribution in [2.75, 3.05) is 0 Å². The molecule has 1 amide bonds. The van der Waals surface area contributed by atoms with Crippen LogP contribution in [0.5, 0.6) is 0 Å². The summed E-state index contributed by atoms with van der Waals surface area (Å²) >= 11 is 0. The first-order valence-electron chi connectivity index (χ1n) is 7.35. The third-order valence-electron chi connectivity index (χ3n) is 3.73. The highest BCUT2D eigenvalue weighted by molar-refractivity contribution is 5.94. The van der Waals surface area contributed by atoms with E-state index in [0.29, 0.717) is 5.82 Å². The maximum atomic E-state index is 14.2. The molecule has 2 aromatic carbocycles. The minimum absolute atomic E-state index is 0.104. The molecule has 0 saturated heterocycles. The second-order valence-electron chi connectivity index (χ2n) is 5.30. The molecule has 0 radical (unpaired) electrons. The second-order valence-corrected chi connectivity index (χ2v) is 5.30. The van der Waals surface area contributed by atoms with E-state index in [-0.39, 0.29) is 11.1 Å². The molecule has 0 aliphatic heterocycles. The van der Waals surface area contributed by atoms with Gasteiger partial charge < -0.3 is 9.88 Å². The van der Waals surface area contributed by atoms with Gasteiger partial charge in [0.2, 0.25) is 0 Å². The van der Waals surface area contributed by atoms with Gasteiger partial charge in [-0.2, -0.15) is 0 Å². The Hall–Kier alpha value is -3.02. The first-order chi connectivity index (χ1) is 11.6. The molecule has 0 aliphatic carbocycles. The number of aryl methyl sites for hydroxylation is 1. The van der Waals surface area contributed by atoms with Crippen LogP contribution in [0.4, 0.5) is 8.78 Å². The van der Waals surface area contributed by atoms with E-state index in [2.05, 4.69) is 10.3 Å². The number of hydrogen-bond donors (Lipinski definition) is 1. The second kappa shape index (κ2) is 6.62. The number of rotatable bonds is 4. The highest BCUT2D eigenvalue weighted by Crippen LogP contribution is 2.23. The average molecular weight is 327 g/mol. The lowest BCUT2D eigenvalue weighted by molar-refractivity contribution is 0.0936. The van der Waals surface area contributed by atoms with Gasteiger partial charge in [0.25, 0.3) is 5.91 Å². The fourth-order valence-corrected chi connectivity index (χ4v) is 2.50. The first-order valence-corrected chi connectivity index (χ1v) is 7.35. The van der Waals surface area contributed by atoms with E-state index in [1.807, 2.05) is 0 Å². The third kappa shape index (κ3) is 3.03. The Morgan fingerprint density at radius 2 is 1.75 bits per heavy atom. The van der Waals surface area contributed by atoms with Crippen LogP contribution in [0.2, 0.25) is 0 Å². The highest BCUT2D eigenvalue weighted by atomic mass is 19.1. The summed E-state index contributed by atoms with van der Waals surface area (Å²) in [7, 11) is 1.74. The van der Waals surface area contributed by atoms with Gasteiger partial charge in [0.15, 0.2) is 0 Å². The molecule has 1 unspecified atom stereocenters. The topological polar surface area (TPSA) is 46.9 Å². The van der Waals surface area contributed by atoms with Crippen molar-refractivity contribution in [2.24, 2.45) is 7.05 Å². The van der Waals surface area contributed by atoms with Crippen molar-refractivity contribution in [3.05, 3.63) is 89.5 Å². The summed E-state index contributed by atoms with van der Waals surface area (Å²) in [6.07, 6.45) is 3.25. The van der Waals surface area contributed by atoms with Gasteiger partial charge in [0.05, 0.1) is 5.56 Å². The summed E-state index contributed by atoms with van der Waals surface area (Å²) in [6.45, 7) is 0. The van der Waals surface area contributed by atoms with E-state index in [4.69, 9.17) is 0 Å². The number of aromatic nitrogens is 2. The van der Waals surface area contributed by atoms with E-state index in [1.54, 1.807) is 48.3 Å². The molecule has 3 rings (SSSR count). The first kappa shape index (κ1) is 15.9. The van der Waals surface area contributed by atoms with Crippen molar-refractivity contribution < 1.29 is 13.6 Å². The number of halogens is 2. The fraction of sp³-hybridized carbons (Fsp3) is 0.111. The molecular weight excluding hydrogens is 312 g/mol. The minimum atomic E-state index is -0.835. The largest absolute Gasteiger partial charge is 0.338 e. The summed E-state index contributed by atoms with van der Waals surface area (Å²) in [4.78, 5) is 16.6. The van der Waals surface area contributed by atoms with Crippen molar-refractivity contribution in [3.63, 3.8) is 0 Å². The third-order valence-corrected chi connectivity index (χ3v) is 3.73.